The number of amides is 1. The summed E-state index contributed by atoms with van der Waals surface area (Å²) in [6.07, 6.45) is 8.55. The van der Waals surface area contributed by atoms with Crippen LogP contribution in [-0.2, 0) is 4.79 Å². The van der Waals surface area contributed by atoms with Gasteiger partial charge >= 0.3 is 0 Å². The van der Waals surface area contributed by atoms with Crippen LogP contribution in [0.4, 0.5) is 0 Å². The first-order chi connectivity index (χ1) is 8.19. The summed E-state index contributed by atoms with van der Waals surface area (Å²) < 4.78 is 0. The van der Waals surface area contributed by atoms with Gasteiger partial charge in [0.25, 0.3) is 0 Å². The summed E-state index contributed by atoms with van der Waals surface area (Å²) in [5.74, 6) is 0.531. The van der Waals surface area contributed by atoms with Gasteiger partial charge in [-0.25, -0.2) is 0 Å². The predicted octanol–water partition coefficient (Wildman–Crippen LogP) is 2.15. The molecule has 1 amide bonds. The first-order valence-corrected chi connectivity index (χ1v) is 8.00. The van der Waals surface area contributed by atoms with E-state index in [9.17, 15) is 4.79 Å². The molecule has 0 radical (unpaired) electrons. The Morgan fingerprint density at radius 2 is 2.29 bits per heavy atom. The summed E-state index contributed by atoms with van der Waals surface area (Å²) in [5, 5.41) is 3.90. The van der Waals surface area contributed by atoms with Crippen LogP contribution in [0.2, 0.25) is 0 Å². The number of thioether (sulfide) groups is 1. The van der Waals surface area contributed by atoms with Crippen molar-refractivity contribution in [3.05, 3.63) is 0 Å². The second-order valence-corrected chi connectivity index (χ2v) is 6.14. The molecule has 1 saturated carbocycles. The van der Waals surface area contributed by atoms with Gasteiger partial charge in [-0.3, -0.25) is 4.79 Å². The van der Waals surface area contributed by atoms with Crippen LogP contribution in [0.25, 0.3) is 0 Å². The van der Waals surface area contributed by atoms with Gasteiger partial charge < -0.3 is 11.1 Å². The molecule has 0 aromatic rings. The Hall–Kier alpha value is -0.220. The Morgan fingerprint density at radius 3 is 2.88 bits per heavy atom. The van der Waals surface area contributed by atoms with Gasteiger partial charge in [0, 0.05) is 17.7 Å². The van der Waals surface area contributed by atoms with Crippen LogP contribution in [0.3, 0.4) is 0 Å². The largest absolute Gasteiger partial charge is 0.353 e. The number of hydrogen-bond donors (Lipinski definition) is 2. The van der Waals surface area contributed by atoms with E-state index < -0.39 is 0 Å². The maximum absolute atomic E-state index is 11.9. The molecule has 3 unspecified atom stereocenters. The molecule has 1 aliphatic rings. The van der Waals surface area contributed by atoms with Crippen LogP contribution in [-0.4, -0.2) is 30.0 Å². The molecule has 0 aromatic carbocycles. The van der Waals surface area contributed by atoms with Crippen molar-refractivity contribution in [2.45, 2.75) is 56.7 Å². The molecular weight excluding hydrogens is 232 g/mol. The summed E-state index contributed by atoms with van der Waals surface area (Å²) >= 11 is 1.93. The molecule has 0 bridgehead atoms. The summed E-state index contributed by atoms with van der Waals surface area (Å²) in [6, 6.07) is 0.393. The molecule has 1 fully saturated rings. The number of rotatable bonds is 6. The molecule has 3 atom stereocenters. The standard InChI is InChI=1S/C13H26N2OS/c1-3-10(9-14)7-13(16)15-11-5-4-6-12(8-11)17-2/h10-12H,3-9,14H2,1-2H3,(H,15,16). The molecule has 1 rings (SSSR count). The topological polar surface area (TPSA) is 55.1 Å². The number of nitrogens with one attached hydrogen (secondary N) is 1. The van der Waals surface area contributed by atoms with E-state index in [1.54, 1.807) is 0 Å². The lowest BCUT2D eigenvalue weighted by Crippen LogP contribution is -2.40. The SMILES string of the molecule is CCC(CN)CC(=O)NC1CCCC(SC)C1. The Balaban J connectivity index is 2.30. The van der Waals surface area contributed by atoms with Crippen LogP contribution < -0.4 is 11.1 Å². The first-order valence-electron chi connectivity index (χ1n) is 6.71. The summed E-state index contributed by atoms with van der Waals surface area (Å²) in [4.78, 5) is 11.9. The molecule has 3 N–H and O–H groups in total. The zero-order valence-electron chi connectivity index (χ0n) is 11.1. The minimum absolute atomic E-state index is 0.189. The van der Waals surface area contributed by atoms with Gasteiger partial charge in [-0.05, 0) is 38.0 Å². The van der Waals surface area contributed by atoms with Crippen LogP contribution in [0.15, 0.2) is 0 Å². The van der Waals surface area contributed by atoms with Crippen molar-refractivity contribution >= 4 is 17.7 Å². The molecule has 3 nitrogen and oxygen atoms in total. The van der Waals surface area contributed by atoms with Crippen molar-refractivity contribution in [3.63, 3.8) is 0 Å². The van der Waals surface area contributed by atoms with E-state index in [0.29, 0.717) is 24.9 Å². The maximum atomic E-state index is 11.9. The lowest BCUT2D eigenvalue weighted by molar-refractivity contribution is -0.122. The van der Waals surface area contributed by atoms with Crippen LogP contribution in [0.5, 0.6) is 0 Å². The van der Waals surface area contributed by atoms with Gasteiger partial charge in [-0.15, -0.1) is 0 Å². The number of carbonyl (C=O) groups is 1. The molecule has 4 heteroatoms. The maximum Gasteiger partial charge on any atom is 0.220 e. The van der Waals surface area contributed by atoms with E-state index in [1.165, 1.54) is 12.8 Å². The second kappa shape index (κ2) is 7.98. The van der Waals surface area contributed by atoms with Crippen LogP contribution >= 0.6 is 11.8 Å². The smallest absolute Gasteiger partial charge is 0.220 e. The monoisotopic (exact) mass is 258 g/mol. The van der Waals surface area contributed by atoms with E-state index in [1.807, 2.05) is 11.8 Å². The molecule has 100 valence electrons. The lowest BCUT2D eigenvalue weighted by Gasteiger charge is -2.29. The average molecular weight is 258 g/mol. The molecule has 0 heterocycles. The number of hydrogen-bond acceptors (Lipinski definition) is 3. The fourth-order valence-electron chi connectivity index (χ4n) is 2.43. The zero-order chi connectivity index (χ0) is 12.7. The molecule has 17 heavy (non-hydrogen) atoms. The second-order valence-electron chi connectivity index (χ2n) is 5.00. The minimum Gasteiger partial charge on any atom is -0.353 e. The van der Waals surface area contributed by atoms with Gasteiger partial charge in [-0.1, -0.05) is 19.8 Å². The molecule has 0 spiro atoms. The van der Waals surface area contributed by atoms with Crippen molar-refractivity contribution < 1.29 is 4.79 Å². The molecule has 0 aliphatic heterocycles. The summed E-state index contributed by atoms with van der Waals surface area (Å²) in [7, 11) is 0. The Labute approximate surface area is 109 Å². The van der Waals surface area contributed by atoms with E-state index in [4.69, 9.17) is 5.73 Å². The Morgan fingerprint density at radius 1 is 1.53 bits per heavy atom. The van der Waals surface area contributed by atoms with E-state index in [0.717, 1.165) is 24.5 Å². The van der Waals surface area contributed by atoms with Crippen molar-refractivity contribution in [2.75, 3.05) is 12.8 Å². The normalized spacial score (nSPS) is 26.5. The van der Waals surface area contributed by atoms with Gasteiger partial charge in [0.2, 0.25) is 5.91 Å². The summed E-state index contributed by atoms with van der Waals surface area (Å²) in [5.41, 5.74) is 5.62. The molecular formula is C13H26N2OS. The fraction of sp³-hybridized carbons (Fsp3) is 0.923. The predicted molar refractivity (Wildman–Crippen MR) is 75.2 cm³/mol. The molecule has 0 aromatic heterocycles. The van der Waals surface area contributed by atoms with Crippen molar-refractivity contribution in [3.8, 4) is 0 Å². The quantitative estimate of drug-likeness (QED) is 0.767. The van der Waals surface area contributed by atoms with Crippen molar-refractivity contribution in [1.82, 2.24) is 5.32 Å². The van der Waals surface area contributed by atoms with Gasteiger partial charge in [0.15, 0.2) is 0 Å². The Bertz CT molecular complexity index is 231. The number of carbonyl (C=O) groups excluding carboxylic acids is 1. The first kappa shape index (κ1) is 14.8. The zero-order valence-corrected chi connectivity index (χ0v) is 11.9. The molecule has 0 saturated heterocycles. The minimum atomic E-state index is 0.189. The van der Waals surface area contributed by atoms with Crippen molar-refractivity contribution in [2.24, 2.45) is 11.7 Å². The van der Waals surface area contributed by atoms with Gasteiger partial charge in [0.05, 0.1) is 0 Å². The van der Waals surface area contributed by atoms with E-state index in [-0.39, 0.29) is 5.91 Å². The van der Waals surface area contributed by atoms with Crippen LogP contribution in [0.1, 0.15) is 45.4 Å². The highest BCUT2D eigenvalue weighted by atomic mass is 32.2. The van der Waals surface area contributed by atoms with Crippen molar-refractivity contribution in [1.29, 1.82) is 0 Å². The highest BCUT2D eigenvalue weighted by Crippen LogP contribution is 2.27. The highest BCUT2D eigenvalue weighted by Gasteiger charge is 2.23. The number of nitrogens with two attached hydrogens (primary N) is 1. The van der Waals surface area contributed by atoms with Gasteiger partial charge in [0.1, 0.15) is 0 Å². The lowest BCUT2D eigenvalue weighted by atomic mass is 9.94. The molecule has 1 aliphatic carbocycles. The highest BCUT2D eigenvalue weighted by molar-refractivity contribution is 7.99. The summed E-state index contributed by atoms with van der Waals surface area (Å²) in [6.45, 7) is 2.71. The fourth-order valence-corrected chi connectivity index (χ4v) is 3.26. The Kier molecular flexibility index (Phi) is 6.97. The van der Waals surface area contributed by atoms with Gasteiger partial charge in [-0.2, -0.15) is 11.8 Å². The van der Waals surface area contributed by atoms with Crippen LogP contribution in [0, 0.1) is 5.92 Å². The third-order valence-electron chi connectivity index (χ3n) is 3.71. The van der Waals surface area contributed by atoms with E-state index >= 15 is 0 Å². The third kappa shape index (κ3) is 5.30. The third-order valence-corrected chi connectivity index (χ3v) is 4.80. The average Bonchev–Trinajstić information content (AvgIpc) is 2.36. The van der Waals surface area contributed by atoms with E-state index in [2.05, 4.69) is 18.5 Å².